The topological polar surface area (TPSA) is 12.0 Å². The van der Waals surface area contributed by atoms with Gasteiger partial charge in [0.25, 0.3) is 0 Å². The van der Waals surface area contributed by atoms with Crippen LogP contribution in [0.4, 0.5) is 0 Å². The molecule has 0 aliphatic rings. The molecule has 2 heteroatoms. The molecular formula is C9H14KN. The molecule has 0 saturated carbocycles. The Hall–Kier alpha value is 0.686. The van der Waals surface area contributed by atoms with Crippen LogP contribution < -0.4 is 56.7 Å². The van der Waals surface area contributed by atoms with E-state index >= 15 is 0 Å². The molecule has 0 atom stereocenters. The number of hydrogen-bond acceptors (Lipinski definition) is 1. The largest absolute Gasteiger partial charge is 1.00 e. The fourth-order valence-electron chi connectivity index (χ4n) is 0.478. The molecular weight excluding hydrogens is 161 g/mol. The van der Waals surface area contributed by atoms with E-state index in [-0.39, 0.29) is 51.4 Å². The average Bonchev–Trinajstić information content (AvgIpc) is 1.91. The first-order valence-corrected chi connectivity index (χ1v) is 3.26. The molecule has 0 radical (unpaired) electrons. The smallest absolute Gasteiger partial charge is 0.323 e. The van der Waals surface area contributed by atoms with Crippen LogP contribution >= 0.6 is 0 Å². The predicted octanol–water partition coefficient (Wildman–Crippen LogP) is -1.29. The van der Waals surface area contributed by atoms with Crippen LogP contribution in [0.15, 0.2) is 30.3 Å². The van der Waals surface area contributed by atoms with Crippen LogP contribution in [0.5, 0.6) is 0 Å². The minimum atomic E-state index is 0. The summed E-state index contributed by atoms with van der Waals surface area (Å²) < 4.78 is 0. The van der Waals surface area contributed by atoms with Crippen molar-refractivity contribution in [3.63, 3.8) is 0 Å². The molecule has 0 aromatic heterocycles. The van der Waals surface area contributed by atoms with E-state index in [1.54, 1.807) is 0 Å². The maximum absolute atomic E-state index is 3.72. The molecule has 0 saturated heterocycles. The third kappa shape index (κ3) is 10.7. The van der Waals surface area contributed by atoms with Crippen LogP contribution in [0.2, 0.25) is 0 Å². The fourth-order valence-corrected chi connectivity index (χ4v) is 0.478. The van der Waals surface area contributed by atoms with Crippen molar-refractivity contribution in [1.29, 1.82) is 0 Å². The van der Waals surface area contributed by atoms with Crippen molar-refractivity contribution in [2.24, 2.45) is 0 Å². The molecule has 1 N–H and O–H groups in total. The van der Waals surface area contributed by atoms with Gasteiger partial charge in [0, 0.05) is 0 Å². The summed E-state index contributed by atoms with van der Waals surface area (Å²) in [6.07, 6.45) is 0. The van der Waals surface area contributed by atoms with Crippen LogP contribution in [-0.4, -0.2) is 14.1 Å². The first-order valence-electron chi connectivity index (χ1n) is 3.26. The van der Waals surface area contributed by atoms with Crippen molar-refractivity contribution in [2.45, 2.75) is 0 Å². The van der Waals surface area contributed by atoms with E-state index in [0.29, 0.717) is 0 Å². The van der Waals surface area contributed by atoms with Gasteiger partial charge in [0.1, 0.15) is 0 Å². The third-order valence-electron chi connectivity index (χ3n) is 0.843. The quantitative estimate of drug-likeness (QED) is 0.382. The number of nitrogens with one attached hydrogen (secondary N) is 1. The summed E-state index contributed by atoms with van der Waals surface area (Å²) in [7, 11) is 3.75. The van der Waals surface area contributed by atoms with E-state index in [0.717, 1.165) is 5.56 Å². The Morgan fingerprint density at radius 3 is 1.64 bits per heavy atom. The molecule has 11 heavy (non-hydrogen) atoms. The maximum Gasteiger partial charge on any atom is 1.00 e. The summed E-state index contributed by atoms with van der Waals surface area (Å²) in [6.45, 7) is 3.72. The number of hydrogen-bond donors (Lipinski definition) is 1. The second-order valence-electron chi connectivity index (χ2n) is 1.99. The number of benzene rings is 1. The summed E-state index contributed by atoms with van der Waals surface area (Å²) in [5, 5.41) is 2.75. The SMILES string of the molecule is CNC.[CH2-]c1ccccc1.[K+]. The van der Waals surface area contributed by atoms with Crippen molar-refractivity contribution >= 4 is 0 Å². The first-order chi connectivity index (χ1) is 4.81. The van der Waals surface area contributed by atoms with Gasteiger partial charge in [-0.05, 0) is 14.1 Å². The molecule has 56 valence electrons. The second-order valence-corrected chi connectivity index (χ2v) is 1.99. The average molecular weight is 175 g/mol. The zero-order valence-electron chi connectivity index (χ0n) is 7.59. The van der Waals surface area contributed by atoms with Gasteiger partial charge in [0.05, 0.1) is 0 Å². The van der Waals surface area contributed by atoms with Crippen LogP contribution in [0, 0.1) is 6.92 Å². The minimum Gasteiger partial charge on any atom is -0.323 e. The monoisotopic (exact) mass is 175 g/mol. The van der Waals surface area contributed by atoms with Crippen molar-refractivity contribution in [2.75, 3.05) is 14.1 Å². The Balaban J connectivity index is 0. The Kier molecular flexibility index (Phi) is 13.8. The Morgan fingerprint density at radius 1 is 1.09 bits per heavy atom. The molecule has 0 bridgehead atoms. The van der Waals surface area contributed by atoms with E-state index in [9.17, 15) is 0 Å². The van der Waals surface area contributed by atoms with Gasteiger partial charge in [-0.2, -0.15) is 24.6 Å². The summed E-state index contributed by atoms with van der Waals surface area (Å²) in [6, 6.07) is 9.87. The van der Waals surface area contributed by atoms with Gasteiger partial charge >= 0.3 is 51.4 Å². The third-order valence-corrected chi connectivity index (χ3v) is 0.843. The molecule has 0 spiro atoms. The van der Waals surface area contributed by atoms with Crippen molar-refractivity contribution in [3.05, 3.63) is 42.8 Å². The molecule has 0 aliphatic heterocycles. The zero-order valence-corrected chi connectivity index (χ0v) is 10.7. The van der Waals surface area contributed by atoms with E-state index in [4.69, 9.17) is 0 Å². The summed E-state index contributed by atoms with van der Waals surface area (Å²) >= 11 is 0. The molecule has 1 aromatic carbocycles. The molecule has 0 unspecified atom stereocenters. The van der Waals surface area contributed by atoms with Crippen LogP contribution in [0.25, 0.3) is 0 Å². The zero-order chi connectivity index (χ0) is 7.82. The fraction of sp³-hybridized carbons (Fsp3) is 0.222. The molecule has 0 amide bonds. The molecule has 0 fully saturated rings. The molecule has 0 aliphatic carbocycles. The van der Waals surface area contributed by atoms with E-state index in [2.05, 4.69) is 12.2 Å². The van der Waals surface area contributed by atoms with Crippen molar-refractivity contribution < 1.29 is 51.4 Å². The van der Waals surface area contributed by atoms with Gasteiger partial charge in [-0.25, -0.2) is 0 Å². The van der Waals surface area contributed by atoms with Crippen LogP contribution in [0.3, 0.4) is 0 Å². The Morgan fingerprint density at radius 2 is 1.45 bits per heavy atom. The van der Waals surface area contributed by atoms with Crippen molar-refractivity contribution in [1.82, 2.24) is 5.32 Å². The van der Waals surface area contributed by atoms with Gasteiger partial charge in [0.2, 0.25) is 0 Å². The van der Waals surface area contributed by atoms with Gasteiger partial charge in [0.15, 0.2) is 0 Å². The first kappa shape index (κ1) is 14.2. The standard InChI is InChI=1S/C7H7.C2H7N.K/c1-7-5-3-2-4-6-7;1-3-2;/h2-6H,1H2;3H,1-2H3;/q-1;;+1. The normalized spacial score (nSPS) is 7.09. The summed E-state index contributed by atoms with van der Waals surface area (Å²) in [5.41, 5.74) is 1.07. The van der Waals surface area contributed by atoms with E-state index < -0.39 is 0 Å². The van der Waals surface area contributed by atoms with Gasteiger partial charge in [-0.1, -0.05) is 6.07 Å². The summed E-state index contributed by atoms with van der Waals surface area (Å²) in [4.78, 5) is 0. The van der Waals surface area contributed by atoms with Gasteiger partial charge < -0.3 is 5.32 Å². The van der Waals surface area contributed by atoms with Gasteiger partial charge in [-0.3, -0.25) is 0 Å². The Bertz CT molecular complexity index is 151. The molecule has 1 aromatic rings. The van der Waals surface area contributed by atoms with Gasteiger partial charge in [-0.15, -0.1) is 12.1 Å². The van der Waals surface area contributed by atoms with Crippen LogP contribution in [-0.2, 0) is 0 Å². The number of rotatable bonds is 0. The van der Waals surface area contributed by atoms with E-state index in [1.165, 1.54) is 0 Å². The predicted molar refractivity (Wildman–Crippen MR) is 45.9 cm³/mol. The molecule has 0 heterocycles. The Labute approximate surface area is 112 Å². The summed E-state index contributed by atoms with van der Waals surface area (Å²) in [5.74, 6) is 0. The van der Waals surface area contributed by atoms with E-state index in [1.807, 2.05) is 44.4 Å². The van der Waals surface area contributed by atoms with Crippen molar-refractivity contribution in [3.8, 4) is 0 Å². The maximum atomic E-state index is 3.72. The second kappa shape index (κ2) is 10.7. The molecule has 1 nitrogen and oxygen atoms in total. The van der Waals surface area contributed by atoms with Crippen LogP contribution in [0.1, 0.15) is 5.56 Å². The molecule has 1 rings (SSSR count). The minimum absolute atomic E-state index is 0.